The SMILES string of the molecule is COc1ccccc1CNCCOCCCl. The van der Waals surface area contributed by atoms with Crippen LogP contribution in [0.25, 0.3) is 0 Å². The first kappa shape index (κ1) is 13.3. The smallest absolute Gasteiger partial charge is 0.123 e. The summed E-state index contributed by atoms with van der Waals surface area (Å²) in [7, 11) is 1.68. The molecule has 1 rings (SSSR count). The van der Waals surface area contributed by atoms with E-state index < -0.39 is 0 Å². The molecule has 0 saturated carbocycles. The topological polar surface area (TPSA) is 30.5 Å². The molecular weight excluding hydrogens is 226 g/mol. The van der Waals surface area contributed by atoms with Crippen LogP contribution in [0.1, 0.15) is 5.56 Å². The lowest BCUT2D eigenvalue weighted by atomic mass is 10.2. The summed E-state index contributed by atoms with van der Waals surface area (Å²) in [4.78, 5) is 0. The zero-order chi connectivity index (χ0) is 11.6. The van der Waals surface area contributed by atoms with Crippen molar-refractivity contribution in [1.82, 2.24) is 5.32 Å². The number of alkyl halides is 1. The zero-order valence-corrected chi connectivity index (χ0v) is 10.3. The van der Waals surface area contributed by atoms with Gasteiger partial charge in [0.05, 0.1) is 20.3 Å². The molecule has 0 atom stereocenters. The molecule has 0 aliphatic heterocycles. The number of hydrogen-bond acceptors (Lipinski definition) is 3. The van der Waals surface area contributed by atoms with E-state index in [0.717, 1.165) is 24.4 Å². The van der Waals surface area contributed by atoms with E-state index in [9.17, 15) is 0 Å². The van der Waals surface area contributed by atoms with Gasteiger partial charge in [0.15, 0.2) is 0 Å². The molecule has 3 nitrogen and oxygen atoms in total. The van der Waals surface area contributed by atoms with Crippen LogP contribution in [0.15, 0.2) is 24.3 Å². The standard InChI is InChI=1S/C12H18ClNO2/c1-15-12-5-3-2-4-11(12)10-14-7-9-16-8-6-13/h2-5,14H,6-10H2,1H3. The second-order valence-corrected chi connectivity index (χ2v) is 3.67. The lowest BCUT2D eigenvalue weighted by Gasteiger charge is -2.09. The summed E-state index contributed by atoms with van der Waals surface area (Å²) >= 11 is 5.49. The van der Waals surface area contributed by atoms with Gasteiger partial charge < -0.3 is 14.8 Å². The molecule has 0 saturated heterocycles. The third-order valence-corrected chi connectivity index (χ3v) is 2.31. The fraction of sp³-hybridized carbons (Fsp3) is 0.500. The number of rotatable bonds is 8. The van der Waals surface area contributed by atoms with Gasteiger partial charge in [0.1, 0.15) is 5.75 Å². The van der Waals surface area contributed by atoms with Crippen molar-refractivity contribution in [3.05, 3.63) is 29.8 Å². The van der Waals surface area contributed by atoms with Crippen molar-refractivity contribution in [2.45, 2.75) is 6.54 Å². The average molecular weight is 244 g/mol. The van der Waals surface area contributed by atoms with E-state index in [-0.39, 0.29) is 0 Å². The Kier molecular flexibility index (Phi) is 6.97. The third-order valence-electron chi connectivity index (χ3n) is 2.15. The number of nitrogens with one attached hydrogen (secondary N) is 1. The molecule has 0 aliphatic rings. The Morgan fingerprint density at radius 2 is 2.06 bits per heavy atom. The van der Waals surface area contributed by atoms with E-state index in [2.05, 4.69) is 5.32 Å². The Balaban J connectivity index is 2.21. The van der Waals surface area contributed by atoms with Crippen LogP contribution in [-0.2, 0) is 11.3 Å². The molecule has 0 aliphatic carbocycles. The van der Waals surface area contributed by atoms with Crippen LogP contribution in [0.5, 0.6) is 5.75 Å². The van der Waals surface area contributed by atoms with Crippen LogP contribution >= 0.6 is 11.6 Å². The monoisotopic (exact) mass is 243 g/mol. The van der Waals surface area contributed by atoms with Gasteiger partial charge in [-0.3, -0.25) is 0 Å². The van der Waals surface area contributed by atoms with Gasteiger partial charge >= 0.3 is 0 Å². The first-order chi connectivity index (χ1) is 7.88. The predicted molar refractivity (Wildman–Crippen MR) is 66.2 cm³/mol. The van der Waals surface area contributed by atoms with Gasteiger partial charge in [-0.25, -0.2) is 0 Å². The molecule has 0 fully saturated rings. The fourth-order valence-electron chi connectivity index (χ4n) is 1.37. The zero-order valence-electron chi connectivity index (χ0n) is 9.54. The van der Waals surface area contributed by atoms with Gasteiger partial charge in [-0.2, -0.15) is 0 Å². The summed E-state index contributed by atoms with van der Waals surface area (Å²) in [5.41, 5.74) is 1.15. The number of benzene rings is 1. The number of halogens is 1. The summed E-state index contributed by atoms with van der Waals surface area (Å²) in [6.45, 7) is 2.89. The molecule has 0 bridgehead atoms. The highest BCUT2D eigenvalue weighted by molar-refractivity contribution is 6.17. The maximum Gasteiger partial charge on any atom is 0.123 e. The lowest BCUT2D eigenvalue weighted by Crippen LogP contribution is -2.20. The van der Waals surface area contributed by atoms with Crippen LogP contribution in [0.3, 0.4) is 0 Å². The Morgan fingerprint density at radius 3 is 2.81 bits per heavy atom. The van der Waals surface area contributed by atoms with E-state index in [4.69, 9.17) is 21.1 Å². The van der Waals surface area contributed by atoms with Crippen molar-refractivity contribution in [1.29, 1.82) is 0 Å². The molecule has 0 heterocycles. The first-order valence-electron chi connectivity index (χ1n) is 5.34. The number of ether oxygens (including phenoxy) is 2. The highest BCUT2D eigenvalue weighted by Crippen LogP contribution is 2.16. The van der Waals surface area contributed by atoms with E-state index in [1.54, 1.807) is 7.11 Å². The van der Waals surface area contributed by atoms with E-state index in [1.807, 2.05) is 24.3 Å². The Morgan fingerprint density at radius 1 is 1.25 bits per heavy atom. The fourth-order valence-corrected chi connectivity index (χ4v) is 1.48. The Bertz CT molecular complexity index is 294. The van der Waals surface area contributed by atoms with Gasteiger partial charge in [0.25, 0.3) is 0 Å². The predicted octanol–water partition coefficient (Wildman–Crippen LogP) is 2.04. The van der Waals surface area contributed by atoms with Gasteiger partial charge in [-0.15, -0.1) is 11.6 Å². The highest BCUT2D eigenvalue weighted by Gasteiger charge is 1.99. The summed E-state index contributed by atoms with van der Waals surface area (Å²) in [5, 5.41) is 3.29. The molecule has 0 amide bonds. The lowest BCUT2D eigenvalue weighted by molar-refractivity contribution is 0.151. The molecule has 1 aromatic rings. The summed E-state index contributed by atoms with van der Waals surface area (Å²) in [5.74, 6) is 1.46. The van der Waals surface area contributed by atoms with Crippen LogP contribution in [0, 0.1) is 0 Å². The number of para-hydroxylation sites is 1. The van der Waals surface area contributed by atoms with Crippen LogP contribution in [0.4, 0.5) is 0 Å². The molecule has 0 radical (unpaired) electrons. The largest absolute Gasteiger partial charge is 0.496 e. The Labute approximate surface area is 102 Å². The molecule has 90 valence electrons. The van der Waals surface area contributed by atoms with Gasteiger partial charge in [-0.05, 0) is 6.07 Å². The van der Waals surface area contributed by atoms with Gasteiger partial charge in [-0.1, -0.05) is 18.2 Å². The van der Waals surface area contributed by atoms with Gasteiger partial charge in [0, 0.05) is 24.5 Å². The Hall–Kier alpha value is -0.770. The molecule has 1 N–H and O–H groups in total. The summed E-state index contributed by atoms with van der Waals surface area (Å²) in [6.07, 6.45) is 0. The maximum atomic E-state index is 5.49. The summed E-state index contributed by atoms with van der Waals surface area (Å²) < 4.78 is 10.5. The van der Waals surface area contributed by atoms with Crippen LogP contribution in [0.2, 0.25) is 0 Å². The van der Waals surface area contributed by atoms with Crippen molar-refractivity contribution in [2.24, 2.45) is 0 Å². The molecule has 1 aromatic carbocycles. The molecule has 4 heteroatoms. The van der Waals surface area contributed by atoms with Crippen molar-refractivity contribution in [2.75, 3.05) is 32.7 Å². The van der Waals surface area contributed by atoms with Crippen molar-refractivity contribution in [3.8, 4) is 5.75 Å². The van der Waals surface area contributed by atoms with Crippen LogP contribution < -0.4 is 10.1 Å². The second kappa shape index (κ2) is 8.39. The minimum atomic E-state index is 0.548. The molecule has 0 unspecified atom stereocenters. The van der Waals surface area contributed by atoms with Crippen molar-refractivity contribution < 1.29 is 9.47 Å². The molecule has 0 aromatic heterocycles. The average Bonchev–Trinajstić information content (AvgIpc) is 2.34. The van der Waals surface area contributed by atoms with Crippen molar-refractivity contribution in [3.63, 3.8) is 0 Å². The molecular formula is C12H18ClNO2. The van der Waals surface area contributed by atoms with E-state index in [0.29, 0.717) is 19.1 Å². The van der Waals surface area contributed by atoms with Gasteiger partial charge in [0.2, 0.25) is 0 Å². The van der Waals surface area contributed by atoms with E-state index in [1.165, 1.54) is 0 Å². The quantitative estimate of drug-likeness (QED) is 0.560. The van der Waals surface area contributed by atoms with Crippen molar-refractivity contribution >= 4 is 11.6 Å². The van der Waals surface area contributed by atoms with E-state index >= 15 is 0 Å². The normalized spacial score (nSPS) is 10.4. The first-order valence-corrected chi connectivity index (χ1v) is 5.88. The van der Waals surface area contributed by atoms with Crippen LogP contribution in [-0.4, -0.2) is 32.7 Å². The number of methoxy groups -OCH3 is 1. The maximum absolute atomic E-state index is 5.49. The minimum Gasteiger partial charge on any atom is -0.496 e. The number of hydrogen-bond donors (Lipinski definition) is 1. The highest BCUT2D eigenvalue weighted by atomic mass is 35.5. The summed E-state index contributed by atoms with van der Waals surface area (Å²) in [6, 6.07) is 7.97. The molecule has 16 heavy (non-hydrogen) atoms. The second-order valence-electron chi connectivity index (χ2n) is 3.29. The third kappa shape index (κ3) is 4.84. The minimum absolute atomic E-state index is 0.548. The molecule has 0 spiro atoms.